The molecular weight excluding hydrogens is 263 g/mol. The average Bonchev–Trinajstić information content (AvgIpc) is 2.43. The minimum absolute atomic E-state index is 0.0994. The van der Waals surface area contributed by atoms with Crippen molar-refractivity contribution in [1.82, 2.24) is 4.98 Å². The van der Waals surface area contributed by atoms with E-state index in [0.717, 1.165) is 37.9 Å². The minimum atomic E-state index is -1.24. The number of anilines is 1. The Morgan fingerprint density at radius 2 is 2.20 bits per heavy atom. The van der Waals surface area contributed by atoms with Crippen molar-refractivity contribution in [2.24, 2.45) is 5.92 Å². The summed E-state index contributed by atoms with van der Waals surface area (Å²) >= 11 is 0. The van der Waals surface area contributed by atoms with Gasteiger partial charge in [-0.15, -0.1) is 0 Å². The summed E-state index contributed by atoms with van der Waals surface area (Å²) in [5, 5.41) is 21.8. The van der Waals surface area contributed by atoms with Gasteiger partial charge in [0.15, 0.2) is 0 Å². The Kier molecular flexibility index (Phi) is 4.23. The lowest BCUT2D eigenvalue weighted by atomic mass is 9.77. The van der Waals surface area contributed by atoms with Crippen molar-refractivity contribution >= 4 is 11.8 Å². The van der Waals surface area contributed by atoms with Crippen molar-refractivity contribution in [2.45, 2.75) is 38.1 Å². The second kappa shape index (κ2) is 5.75. The van der Waals surface area contributed by atoms with Gasteiger partial charge in [-0.05, 0) is 37.7 Å². The number of carboxylic acid groups (broad SMARTS) is 1. The summed E-state index contributed by atoms with van der Waals surface area (Å²) in [6, 6.07) is 0.939. The van der Waals surface area contributed by atoms with Crippen molar-refractivity contribution in [3.8, 4) is 0 Å². The van der Waals surface area contributed by atoms with Crippen LogP contribution in [0.1, 0.15) is 43.0 Å². The highest BCUT2D eigenvalue weighted by molar-refractivity contribution is 5.93. The van der Waals surface area contributed by atoms with Crippen LogP contribution in [0.5, 0.6) is 0 Å². The lowest BCUT2D eigenvalue weighted by molar-refractivity contribution is 0.0696. The van der Waals surface area contributed by atoms with Crippen molar-refractivity contribution in [3.05, 3.63) is 23.6 Å². The fourth-order valence-corrected chi connectivity index (χ4v) is 2.59. The maximum atomic E-state index is 13.1. The molecule has 1 aromatic heterocycles. The molecule has 0 unspecified atom stereocenters. The van der Waals surface area contributed by atoms with Crippen LogP contribution in [0.2, 0.25) is 0 Å². The second-order valence-corrected chi connectivity index (χ2v) is 5.60. The SMILES string of the molecule is CC1CCC(CO)(Nc2ncc(F)cc2C(=O)O)CC1. The van der Waals surface area contributed by atoms with Crippen molar-refractivity contribution in [1.29, 1.82) is 0 Å². The molecule has 1 saturated carbocycles. The quantitative estimate of drug-likeness (QED) is 0.789. The van der Waals surface area contributed by atoms with Gasteiger partial charge in [-0.2, -0.15) is 0 Å². The molecule has 3 N–H and O–H groups in total. The summed E-state index contributed by atoms with van der Waals surface area (Å²) in [5.74, 6) is -1.22. The maximum Gasteiger partial charge on any atom is 0.339 e. The number of aliphatic hydroxyl groups excluding tert-OH is 1. The van der Waals surface area contributed by atoms with E-state index in [0.29, 0.717) is 5.92 Å². The van der Waals surface area contributed by atoms with E-state index in [1.54, 1.807) is 0 Å². The Morgan fingerprint density at radius 3 is 2.75 bits per heavy atom. The zero-order valence-electron chi connectivity index (χ0n) is 11.4. The molecule has 1 aromatic rings. The van der Waals surface area contributed by atoms with Gasteiger partial charge >= 0.3 is 5.97 Å². The van der Waals surface area contributed by atoms with E-state index >= 15 is 0 Å². The highest BCUT2D eigenvalue weighted by atomic mass is 19.1. The normalized spacial score (nSPS) is 26.2. The molecule has 1 fully saturated rings. The third-order valence-electron chi connectivity index (χ3n) is 4.00. The molecule has 1 aliphatic carbocycles. The summed E-state index contributed by atoms with van der Waals surface area (Å²) in [4.78, 5) is 15.0. The highest BCUT2D eigenvalue weighted by Crippen LogP contribution is 2.34. The van der Waals surface area contributed by atoms with E-state index in [9.17, 15) is 14.3 Å². The Balaban J connectivity index is 2.26. The van der Waals surface area contributed by atoms with E-state index in [2.05, 4.69) is 17.2 Å². The monoisotopic (exact) mass is 282 g/mol. The third kappa shape index (κ3) is 3.07. The van der Waals surface area contributed by atoms with Crippen LogP contribution in [-0.4, -0.2) is 33.3 Å². The molecule has 0 aromatic carbocycles. The van der Waals surface area contributed by atoms with Crippen molar-refractivity contribution in [2.75, 3.05) is 11.9 Å². The number of aromatic carboxylic acids is 1. The number of aliphatic hydroxyl groups is 1. The summed E-state index contributed by atoms with van der Waals surface area (Å²) in [5.41, 5.74) is -0.780. The fraction of sp³-hybridized carbons (Fsp3) is 0.571. The predicted molar refractivity (Wildman–Crippen MR) is 72.2 cm³/mol. The molecule has 0 spiro atoms. The van der Waals surface area contributed by atoms with Gasteiger partial charge in [0.1, 0.15) is 17.2 Å². The lowest BCUT2D eigenvalue weighted by Gasteiger charge is -2.39. The molecule has 0 radical (unpaired) electrons. The summed E-state index contributed by atoms with van der Waals surface area (Å²) in [6.45, 7) is 2.05. The number of rotatable bonds is 4. The molecule has 20 heavy (non-hydrogen) atoms. The molecule has 6 heteroatoms. The zero-order valence-corrected chi connectivity index (χ0v) is 11.4. The number of aromatic nitrogens is 1. The zero-order chi connectivity index (χ0) is 14.8. The molecule has 0 saturated heterocycles. The third-order valence-corrected chi connectivity index (χ3v) is 4.00. The predicted octanol–water partition coefficient (Wildman–Crippen LogP) is 2.27. The summed E-state index contributed by atoms with van der Waals surface area (Å²) in [7, 11) is 0. The number of pyridine rings is 1. The molecule has 2 rings (SSSR count). The number of carbonyl (C=O) groups is 1. The highest BCUT2D eigenvalue weighted by Gasteiger charge is 2.34. The Hall–Kier alpha value is -1.69. The van der Waals surface area contributed by atoms with Crippen LogP contribution in [0.3, 0.4) is 0 Å². The standard InChI is InChI=1S/C14H19FN2O3/c1-9-2-4-14(8-18,5-3-9)17-12-11(13(19)20)6-10(15)7-16-12/h6-7,9,18H,2-5,8H2,1H3,(H,16,17)(H,19,20). The topological polar surface area (TPSA) is 82.5 Å². The van der Waals surface area contributed by atoms with E-state index in [4.69, 9.17) is 5.11 Å². The van der Waals surface area contributed by atoms with Gasteiger partial charge in [0.2, 0.25) is 0 Å². The van der Waals surface area contributed by atoms with Crippen LogP contribution < -0.4 is 5.32 Å². The van der Waals surface area contributed by atoms with Crippen molar-refractivity contribution in [3.63, 3.8) is 0 Å². The Labute approximate surface area is 116 Å². The van der Waals surface area contributed by atoms with Gasteiger partial charge in [-0.25, -0.2) is 14.2 Å². The number of halogens is 1. The van der Waals surface area contributed by atoms with Crippen LogP contribution >= 0.6 is 0 Å². The molecule has 1 aliphatic rings. The maximum absolute atomic E-state index is 13.1. The average molecular weight is 282 g/mol. The number of hydrogen-bond donors (Lipinski definition) is 3. The smallest absolute Gasteiger partial charge is 0.339 e. The fourth-order valence-electron chi connectivity index (χ4n) is 2.59. The van der Waals surface area contributed by atoms with Gasteiger partial charge in [-0.3, -0.25) is 0 Å². The molecule has 5 nitrogen and oxygen atoms in total. The Bertz CT molecular complexity index is 499. The van der Waals surface area contributed by atoms with Crippen LogP contribution in [0.4, 0.5) is 10.2 Å². The molecular formula is C14H19FN2O3. The van der Waals surface area contributed by atoms with E-state index < -0.39 is 17.3 Å². The number of nitrogens with one attached hydrogen (secondary N) is 1. The van der Waals surface area contributed by atoms with Crippen molar-refractivity contribution < 1.29 is 19.4 Å². The van der Waals surface area contributed by atoms with Crippen LogP contribution in [0.15, 0.2) is 12.3 Å². The molecule has 0 atom stereocenters. The van der Waals surface area contributed by atoms with Gasteiger partial charge in [0.05, 0.1) is 18.3 Å². The lowest BCUT2D eigenvalue weighted by Crippen LogP contribution is -2.45. The molecule has 0 bridgehead atoms. The largest absolute Gasteiger partial charge is 0.478 e. The number of nitrogens with zero attached hydrogens (tertiary/aromatic N) is 1. The van der Waals surface area contributed by atoms with Crippen LogP contribution in [-0.2, 0) is 0 Å². The first kappa shape index (κ1) is 14.7. The minimum Gasteiger partial charge on any atom is -0.478 e. The molecule has 1 heterocycles. The number of hydrogen-bond acceptors (Lipinski definition) is 4. The van der Waals surface area contributed by atoms with Crippen LogP contribution in [0.25, 0.3) is 0 Å². The first-order valence-corrected chi connectivity index (χ1v) is 6.74. The van der Waals surface area contributed by atoms with E-state index in [-0.39, 0.29) is 18.0 Å². The molecule has 110 valence electrons. The first-order valence-electron chi connectivity index (χ1n) is 6.74. The van der Waals surface area contributed by atoms with Gasteiger partial charge < -0.3 is 15.5 Å². The van der Waals surface area contributed by atoms with E-state index in [1.165, 1.54) is 0 Å². The van der Waals surface area contributed by atoms with Crippen LogP contribution in [0, 0.1) is 11.7 Å². The van der Waals surface area contributed by atoms with Gasteiger partial charge in [-0.1, -0.05) is 6.92 Å². The van der Waals surface area contributed by atoms with Gasteiger partial charge in [0, 0.05) is 0 Å². The molecule has 0 aliphatic heterocycles. The summed E-state index contributed by atoms with van der Waals surface area (Å²) in [6.07, 6.45) is 4.37. The van der Waals surface area contributed by atoms with E-state index in [1.807, 2.05) is 0 Å². The Morgan fingerprint density at radius 1 is 1.55 bits per heavy atom. The first-order chi connectivity index (χ1) is 9.46. The number of carboxylic acids is 1. The molecule has 0 amide bonds. The summed E-state index contributed by atoms with van der Waals surface area (Å²) < 4.78 is 13.1. The second-order valence-electron chi connectivity index (χ2n) is 5.60. The van der Waals surface area contributed by atoms with Gasteiger partial charge in [0.25, 0.3) is 0 Å².